The molecule has 1 amide bonds. The van der Waals surface area contributed by atoms with Crippen LogP contribution in [0, 0.1) is 6.92 Å². The Labute approximate surface area is 141 Å². The fraction of sp³-hybridized carbons (Fsp3) is 0.176. The van der Waals surface area contributed by atoms with Crippen LogP contribution in [-0.2, 0) is 11.3 Å². The van der Waals surface area contributed by atoms with Crippen LogP contribution in [-0.4, -0.2) is 22.6 Å². The lowest BCUT2D eigenvalue weighted by Crippen LogP contribution is -2.49. The van der Waals surface area contributed by atoms with Gasteiger partial charge >= 0.3 is 0 Å². The van der Waals surface area contributed by atoms with Crippen LogP contribution < -0.4 is 15.9 Å². The second-order valence-electron chi connectivity index (χ2n) is 5.05. The number of hydrogen-bond acceptors (Lipinski definition) is 3. The van der Waals surface area contributed by atoms with Crippen molar-refractivity contribution < 1.29 is 9.53 Å². The molecule has 0 unspecified atom stereocenters. The van der Waals surface area contributed by atoms with Crippen LogP contribution in [0.4, 0.5) is 0 Å². The fourth-order valence-corrected chi connectivity index (χ4v) is 2.09. The maximum Gasteiger partial charge on any atom is 0.276 e. The molecule has 0 bridgehead atoms. The summed E-state index contributed by atoms with van der Waals surface area (Å²) in [6.45, 7) is 2.24. The predicted octanol–water partition coefficient (Wildman–Crippen LogP) is 2.15. The van der Waals surface area contributed by atoms with E-state index in [1.54, 1.807) is 6.07 Å². The van der Waals surface area contributed by atoms with Gasteiger partial charge in [-0.05, 0) is 42.4 Å². The van der Waals surface area contributed by atoms with Crippen LogP contribution in [0.5, 0.6) is 5.75 Å². The molecule has 5 nitrogen and oxygen atoms in total. The van der Waals surface area contributed by atoms with Gasteiger partial charge in [0.05, 0.1) is 6.54 Å². The van der Waals surface area contributed by atoms with Crippen molar-refractivity contribution in [1.29, 1.82) is 0 Å². The van der Waals surface area contributed by atoms with E-state index in [1.165, 1.54) is 5.01 Å². The number of ether oxygens (including phenoxy) is 1. The minimum Gasteiger partial charge on any atom is -0.484 e. The lowest BCUT2D eigenvalue weighted by atomic mass is 10.2. The summed E-state index contributed by atoms with van der Waals surface area (Å²) in [4.78, 5) is 12.0. The Kier molecular flexibility index (Phi) is 5.94. The van der Waals surface area contributed by atoms with Crippen molar-refractivity contribution in [3.63, 3.8) is 0 Å². The Bertz CT molecular complexity index is 677. The van der Waals surface area contributed by atoms with Crippen molar-refractivity contribution >= 4 is 23.2 Å². The molecule has 0 fully saturated rings. The number of carbonyl (C=O) groups excluding carboxylic acids is 1. The Morgan fingerprint density at radius 2 is 1.96 bits per heavy atom. The van der Waals surface area contributed by atoms with E-state index in [4.69, 9.17) is 22.7 Å². The molecule has 2 aromatic rings. The van der Waals surface area contributed by atoms with Crippen LogP contribution in [0.1, 0.15) is 11.1 Å². The van der Waals surface area contributed by atoms with E-state index in [2.05, 4.69) is 5.43 Å². The van der Waals surface area contributed by atoms with Crippen LogP contribution in [0.25, 0.3) is 0 Å². The average molecular weight is 329 g/mol. The van der Waals surface area contributed by atoms with Gasteiger partial charge in [0.15, 0.2) is 11.7 Å². The number of nitrogens with one attached hydrogen (secondary N) is 1. The van der Waals surface area contributed by atoms with Gasteiger partial charge in [0.25, 0.3) is 5.91 Å². The van der Waals surface area contributed by atoms with E-state index in [9.17, 15) is 4.79 Å². The normalized spacial score (nSPS) is 9.96. The quantitative estimate of drug-likeness (QED) is 0.650. The van der Waals surface area contributed by atoms with E-state index >= 15 is 0 Å². The van der Waals surface area contributed by atoms with E-state index in [0.29, 0.717) is 12.3 Å². The van der Waals surface area contributed by atoms with Gasteiger partial charge < -0.3 is 10.5 Å². The summed E-state index contributed by atoms with van der Waals surface area (Å²) in [5.41, 5.74) is 10.4. The molecule has 23 heavy (non-hydrogen) atoms. The molecule has 0 heterocycles. The molecule has 0 aliphatic heterocycles. The summed E-state index contributed by atoms with van der Waals surface area (Å²) >= 11 is 4.98. The smallest absolute Gasteiger partial charge is 0.276 e. The summed E-state index contributed by atoms with van der Waals surface area (Å²) in [5, 5.41) is 1.52. The minimum atomic E-state index is -0.324. The molecule has 120 valence electrons. The molecule has 0 aromatic heterocycles. The highest BCUT2D eigenvalue weighted by molar-refractivity contribution is 7.80. The Balaban J connectivity index is 1.89. The number of hydrogen-bond donors (Lipinski definition) is 2. The third-order valence-electron chi connectivity index (χ3n) is 3.07. The molecule has 2 aromatic carbocycles. The van der Waals surface area contributed by atoms with Crippen LogP contribution in [0.2, 0.25) is 0 Å². The molecule has 0 atom stereocenters. The molecule has 2 rings (SSSR count). The second-order valence-corrected chi connectivity index (χ2v) is 5.47. The first-order chi connectivity index (χ1) is 11.0. The third kappa shape index (κ3) is 5.60. The van der Waals surface area contributed by atoms with Crippen LogP contribution in [0.3, 0.4) is 0 Å². The maximum atomic E-state index is 12.0. The zero-order valence-electron chi connectivity index (χ0n) is 12.9. The number of thiocarbonyl (C=S) groups is 1. The van der Waals surface area contributed by atoms with E-state index in [1.807, 2.05) is 55.5 Å². The molecule has 6 heteroatoms. The summed E-state index contributed by atoms with van der Waals surface area (Å²) in [5.74, 6) is 0.320. The number of nitrogens with two attached hydrogens (primary N) is 1. The third-order valence-corrected chi connectivity index (χ3v) is 3.29. The van der Waals surface area contributed by atoms with Gasteiger partial charge in [-0.25, -0.2) is 0 Å². The number of aryl methyl sites for hydroxylation is 1. The van der Waals surface area contributed by atoms with Gasteiger partial charge in [-0.15, -0.1) is 0 Å². The first-order valence-corrected chi connectivity index (χ1v) is 7.55. The molecule has 0 aliphatic carbocycles. The van der Waals surface area contributed by atoms with Gasteiger partial charge in [0.1, 0.15) is 5.75 Å². The average Bonchev–Trinajstić information content (AvgIpc) is 2.53. The Hall–Kier alpha value is -2.60. The summed E-state index contributed by atoms with van der Waals surface area (Å²) < 4.78 is 5.46. The minimum absolute atomic E-state index is 0.0951. The van der Waals surface area contributed by atoms with Crippen LogP contribution >= 0.6 is 12.2 Å². The highest BCUT2D eigenvalue weighted by Gasteiger charge is 2.12. The molecular weight excluding hydrogens is 310 g/mol. The molecule has 0 radical (unpaired) electrons. The maximum absolute atomic E-state index is 12.0. The zero-order valence-corrected chi connectivity index (χ0v) is 13.7. The van der Waals surface area contributed by atoms with Crippen molar-refractivity contribution in [3.8, 4) is 5.75 Å². The van der Waals surface area contributed by atoms with Gasteiger partial charge in [0.2, 0.25) is 0 Å². The van der Waals surface area contributed by atoms with Crippen molar-refractivity contribution in [3.05, 3.63) is 65.7 Å². The van der Waals surface area contributed by atoms with E-state index in [-0.39, 0.29) is 17.6 Å². The van der Waals surface area contributed by atoms with Gasteiger partial charge in [-0.3, -0.25) is 15.2 Å². The number of benzene rings is 2. The van der Waals surface area contributed by atoms with Gasteiger partial charge in [-0.1, -0.05) is 42.5 Å². The first kappa shape index (κ1) is 16.8. The Morgan fingerprint density at radius 1 is 1.22 bits per heavy atom. The largest absolute Gasteiger partial charge is 0.484 e. The molecular formula is C17H19N3O2S. The van der Waals surface area contributed by atoms with Crippen molar-refractivity contribution in [2.24, 2.45) is 5.73 Å². The molecule has 0 aliphatic rings. The second kappa shape index (κ2) is 8.14. The fourth-order valence-electron chi connectivity index (χ4n) is 1.98. The number of carbonyl (C=O) groups is 1. The zero-order chi connectivity index (χ0) is 16.7. The number of amides is 1. The van der Waals surface area contributed by atoms with Crippen molar-refractivity contribution in [2.45, 2.75) is 13.5 Å². The molecule has 3 N–H and O–H groups in total. The number of hydrazine groups is 1. The van der Waals surface area contributed by atoms with Gasteiger partial charge in [-0.2, -0.15) is 0 Å². The summed E-state index contributed by atoms with van der Waals surface area (Å²) in [7, 11) is 0. The molecule has 0 spiro atoms. The summed E-state index contributed by atoms with van der Waals surface area (Å²) in [6, 6.07) is 17.1. The number of nitrogens with zero attached hydrogens (tertiary/aromatic N) is 1. The number of rotatable bonds is 5. The van der Waals surface area contributed by atoms with E-state index < -0.39 is 0 Å². The lowest BCUT2D eigenvalue weighted by molar-refractivity contribution is -0.126. The Morgan fingerprint density at radius 3 is 2.61 bits per heavy atom. The molecule has 0 saturated heterocycles. The first-order valence-electron chi connectivity index (χ1n) is 7.14. The monoisotopic (exact) mass is 329 g/mol. The van der Waals surface area contributed by atoms with Crippen molar-refractivity contribution in [2.75, 3.05) is 6.61 Å². The standard InChI is InChI=1S/C17H19N3O2S/c1-13-6-5-9-15(10-13)22-12-16(21)19-20(17(18)23)11-14-7-3-2-4-8-14/h2-10H,11-12H2,1H3,(H2,18,23)(H,19,21). The van der Waals surface area contributed by atoms with Crippen LogP contribution in [0.15, 0.2) is 54.6 Å². The van der Waals surface area contributed by atoms with E-state index in [0.717, 1.165) is 11.1 Å². The SMILES string of the molecule is Cc1cccc(OCC(=O)NN(Cc2ccccc2)C(N)=S)c1. The summed E-state index contributed by atoms with van der Waals surface area (Å²) in [6.07, 6.45) is 0. The predicted molar refractivity (Wildman–Crippen MR) is 93.6 cm³/mol. The molecule has 0 saturated carbocycles. The lowest BCUT2D eigenvalue weighted by Gasteiger charge is -2.23. The van der Waals surface area contributed by atoms with Gasteiger partial charge in [0, 0.05) is 0 Å². The highest BCUT2D eigenvalue weighted by Crippen LogP contribution is 2.12. The topological polar surface area (TPSA) is 67.6 Å². The van der Waals surface area contributed by atoms with Crippen molar-refractivity contribution in [1.82, 2.24) is 10.4 Å². The highest BCUT2D eigenvalue weighted by atomic mass is 32.1.